The summed E-state index contributed by atoms with van der Waals surface area (Å²) in [7, 11) is 0. The van der Waals surface area contributed by atoms with Crippen molar-refractivity contribution < 1.29 is 0 Å². The molecule has 0 amide bonds. The molecule has 1 heterocycles. The molecular weight excluding hydrogens is 226 g/mol. The van der Waals surface area contributed by atoms with Crippen LogP contribution < -0.4 is 10.9 Å². The maximum Gasteiger partial charge on any atom is 0.255 e. The molecule has 0 radical (unpaired) electrons. The highest BCUT2D eigenvalue weighted by molar-refractivity contribution is 5.20. The minimum absolute atomic E-state index is 0.0224. The van der Waals surface area contributed by atoms with Gasteiger partial charge in [-0.15, -0.1) is 0 Å². The van der Waals surface area contributed by atoms with Gasteiger partial charge in [-0.1, -0.05) is 20.8 Å². The van der Waals surface area contributed by atoms with Crippen LogP contribution in [-0.2, 0) is 0 Å². The molecule has 1 aromatic rings. The molecule has 2 atom stereocenters. The molecule has 0 saturated carbocycles. The normalized spacial score (nSPS) is 14.8. The van der Waals surface area contributed by atoms with Crippen LogP contribution in [0, 0.1) is 19.8 Å². The molecule has 0 spiro atoms. The maximum absolute atomic E-state index is 12.0. The van der Waals surface area contributed by atoms with Crippen molar-refractivity contribution in [2.45, 2.75) is 60.0 Å². The van der Waals surface area contributed by atoms with Crippen LogP contribution in [0.1, 0.15) is 57.2 Å². The predicted octanol–water partition coefficient (Wildman–Crippen LogP) is 2.47. The second kappa shape index (κ2) is 6.14. The molecule has 0 bridgehead atoms. The summed E-state index contributed by atoms with van der Waals surface area (Å²) < 4.78 is 0. The Kier molecular flexibility index (Phi) is 5.08. The first kappa shape index (κ1) is 14.9. The zero-order valence-corrected chi connectivity index (χ0v) is 12.3. The van der Waals surface area contributed by atoms with Crippen molar-refractivity contribution in [1.29, 1.82) is 0 Å². The van der Waals surface area contributed by atoms with Crippen molar-refractivity contribution in [2.75, 3.05) is 0 Å². The lowest BCUT2D eigenvalue weighted by Crippen LogP contribution is -2.38. The first-order valence-corrected chi connectivity index (χ1v) is 6.70. The lowest BCUT2D eigenvalue weighted by atomic mass is 9.99. The Morgan fingerprint density at radius 3 is 2.33 bits per heavy atom. The van der Waals surface area contributed by atoms with Crippen molar-refractivity contribution >= 4 is 0 Å². The summed E-state index contributed by atoms with van der Waals surface area (Å²) in [6.07, 6.45) is 1.05. The smallest absolute Gasteiger partial charge is 0.255 e. The zero-order chi connectivity index (χ0) is 13.9. The minimum Gasteiger partial charge on any atom is -0.310 e. The molecule has 0 aromatic carbocycles. The molecule has 0 aliphatic rings. The summed E-state index contributed by atoms with van der Waals surface area (Å²) in [6.45, 7) is 12.3. The summed E-state index contributed by atoms with van der Waals surface area (Å²) in [4.78, 5) is 19.1. The monoisotopic (exact) mass is 251 g/mol. The van der Waals surface area contributed by atoms with E-state index in [2.05, 4.69) is 36.1 Å². The number of nitrogens with zero attached hydrogens (tertiary/aromatic N) is 1. The number of rotatable bonds is 5. The Morgan fingerprint density at radius 1 is 1.28 bits per heavy atom. The van der Waals surface area contributed by atoms with Crippen molar-refractivity contribution in [2.24, 2.45) is 5.92 Å². The number of aromatic nitrogens is 2. The van der Waals surface area contributed by atoms with E-state index in [1.807, 2.05) is 13.8 Å². The quantitative estimate of drug-likeness (QED) is 0.845. The van der Waals surface area contributed by atoms with Gasteiger partial charge in [-0.25, -0.2) is 4.98 Å². The fourth-order valence-corrected chi connectivity index (χ4v) is 2.43. The van der Waals surface area contributed by atoms with Gasteiger partial charge >= 0.3 is 0 Å². The third-order valence-corrected chi connectivity index (χ3v) is 3.41. The van der Waals surface area contributed by atoms with Gasteiger partial charge in [0.15, 0.2) is 0 Å². The number of nitrogens with one attached hydrogen (secondary N) is 2. The van der Waals surface area contributed by atoms with Gasteiger partial charge in [0.25, 0.3) is 5.56 Å². The Hall–Kier alpha value is -1.16. The molecule has 1 aromatic heterocycles. The van der Waals surface area contributed by atoms with Gasteiger partial charge in [0.1, 0.15) is 5.82 Å². The van der Waals surface area contributed by atoms with E-state index in [-0.39, 0.29) is 11.6 Å². The molecule has 0 aliphatic carbocycles. The van der Waals surface area contributed by atoms with E-state index in [4.69, 9.17) is 0 Å². The summed E-state index contributed by atoms with van der Waals surface area (Å²) in [5.74, 6) is 1.22. The van der Waals surface area contributed by atoms with Crippen LogP contribution >= 0.6 is 0 Å². The van der Waals surface area contributed by atoms with Crippen LogP contribution in [0.4, 0.5) is 0 Å². The summed E-state index contributed by atoms with van der Waals surface area (Å²) in [5.41, 5.74) is 1.54. The average Bonchev–Trinajstić information content (AvgIpc) is 2.23. The van der Waals surface area contributed by atoms with Gasteiger partial charge in [-0.3, -0.25) is 4.79 Å². The van der Waals surface area contributed by atoms with Gasteiger partial charge in [0.2, 0.25) is 0 Å². The molecule has 0 saturated heterocycles. The Bertz CT molecular complexity index is 451. The third-order valence-electron chi connectivity index (χ3n) is 3.41. The van der Waals surface area contributed by atoms with E-state index < -0.39 is 0 Å². The van der Waals surface area contributed by atoms with Crippen LogP contribution in [0.15, 0.2) is 4.79 Å². The van der Waals surface area contributed by atoms with Crippen LogP contribution in [0.5, 0.6) is 0 Å². The lowest BCUT2D eigenvalue weighted by Gasteiger charge is -2.25. The molecule has 0 aliphatic heterocycles. The van der Waals surface area contributed by atoms with Crippen molar-refractivity contribution in [3.05, 3.63) is 27.4 Å². The second-order valence-electron chi connectivity index (χ2n) is 5.30. The van der Waals surface area contributed by atoms with Crippen LogP contribution in [0.25, 0.3) is 0 Å². The fraction of sp³-hybridized carbons (Fsp3) is 0.714. The number of aryl methyl sites for hydroxylation is 2. The number of hydrogen-bond acceptors (Lipinski definition) is 3. The van der Waals surface area contributed by atoms with E-state index in [1.54, 1.807) is 6.92 Å². The lowest BCUT2D eigenvalue weighted by molar-refractivity contribution is 0.353. The molecule has 1 rings (SSSR count). The highest BCUT2D eigenvalue weighted by Gasteiger charge is 2.19. The van der Waals surface area contributed by atoms with Gasteiger partial charge in [-0.2, -0.15) is 0 Å². The molecule has 2 unspecified atom stereocenters. The van der Waals surface area contributed by atoms with Crippen molar-refractivity contribution in [1.82, 2.24) is 15.3 Å². The molecular formula is C14H25N3O. The topological polar surface area (TPSA) is 57.8 Å². The highest BCUT2D eigenvalue weighted by atomic mass is 16.1. The SMILES string of the molecule is CCC(NC(C)c1c(C)nc(C)[nH]c1=O)C(C)C. The highest BCUT2D eigenvalue weighted by Crippen LogP contribution is 2.15. The van der Waals surface area contributed by atoms with Gasteiger partial charge < -0.3 is 10.3 Å². The molecule has 2 N–H and O–H groups in total. The summed E-state index contributed by atoms with van der Waals surface area (Å²) >= 11 is 0. The van der Waals surface area contributed by atoms with E-state index in [0.29, 0.717) is 17.8 Å². The molecule has 4 heteroatoms. The van der Waals surface area contributed by atoms with Gasteiger partial charge in [0, 0.05) is 17.8 Å². The maximum atomic E-state index is 12.0. The van der Waals surface area contributed by atoms with Gasteiger partial charge in [0.05, 0.1) is 5.56 Å². The Labute approximate surface area is 109 Å². The van der Waals surface area contributed by atoms with Gasteiger partial charge in [-0.05, 0) is 33.1 Å². The van der Waals surface area contributed by atoms with E-state index in [0.717, 1.165) is 17.7 Å². The summed E-state index contributed by atoms with van der Waals surface area (Å²) in [5, 5.41) is 3.52. The molecule has 102 valence electrons. The van der Waals surface area contributed by atoms with Crippen LogP contribution in [0.3, 0.4) is 0 Å². The standard InChI is InChI=1S/C14H25N3O/c1-7-12(8(2)3)16-10(5)13-9(4)15-11(6)17-14(13)18/h8,10,12,16H,7H2,1-6H3,(H,15,17,18). The second-order valence-corrected chi connectivity index (χ2v) is 5.30. The summed E-state index contributed by atoms with van der Waals surface area (Å²) in [6, 6.07) is 0.439. The van der Waals surface area contributed by atoms with E-state index in [1.165, 1.54) is 0 Å². The Morgan fingerprint density at radius 2 is 1.89 bits per heavy atom. The van der Waals surface area contributed by atoms with E-state index in [9.17, 15) is 4.79 Å². The van der Waals surface area contributed by atoms with Crippen LogP contribution in [0.2, 0.25) is 0 Å². The Balaban J connectivity index is 2.97. The van der Waals surface area contributed by atoms with Crippen molar-refractivity contribution in [3.63, 3.8) is 0 Å². The first-order chi connectivity index (χ1) is 8.36. The average molecular weight is 251 g/mol. The molecule has 18 heavy (non-hydrogen) atoms. The fourth-order valence-electron chi connectivity index (χ4n) is 2.43. The largest absolute Gasteiger partial charge is 0.310 e. The first-order valence-electron chi connectivity index (χ1n) is 6.70. The molecule has 4 nitrogen and oxygen atoms in total. The third kappa shape index (κ3) is 3.42. The van der Waals surface area contributed by atoms with Crippen molar-refractivity contribution in [3.8, 4) is 0 Å². The number of H-pyrrole nitrogens is 1. The number of aromatic amines is 1. The van der Waals surface area contributed by atoms with E-state index >= 15 is 0 Å². The predicted molar refractivity (Wildman–Crippen MR) is 74.8 cm³/mol. The zero-order valence-electron chi connectivity index (χ0n) is 12.3. The minimum atomic E-state index is -0.0291. The van der Waals surface area contributed by atoms with Crippen LogP contribution in [-0.4, -0.2) is 16.0 Å². The number of hydrogen-bond donors (Lipinski definition) is 2. The molecule has 0 fully saturated rings.